The summed E-state index contributed by atoms with van der Waals surface area (Å²) < 4.78 is 40.2. The zero-order valence-electron chi connectivity index (χ0n) is 18.2. The van der Waals surface area contributed by atoms with Crippen LogP contribution >= 0.6 is 11.8 Å². The fraction of sp³-hybridized carbons (Fsp3) is 0.0769. The molecule has 0 atom stereocenters. The lowest BCUT2D eigenvalue weighted by Gasteiger charge is -2.15. The van der Waals surface area contributed by atoms with Gasteiger partial charge in [0, 0.05) is 16.3 Å². The van der Waals surface area contributed by atoms with Gasteiger partial charge in [-0.25, -0.2) is 13.6 Å². The number of halogens is 2. The summed E-state index contributed by atoms with van der Waals surface area (Å²) >= 11 is 0.665. The Labute approximate surface area is 201 Å². The molecule has 3 aromatic carbocycles. The van der Waals surface area contributed by atoms with Crippen LogP contribution in [-0.4, -0.2) is 16.8 Å². The maximum Gasteiger partial charge on any atom is 0.354 e. The molecule has 1 N–H and O–H groups in total. The Bertz CT molecular complexity index is 1730. The van der Waals surface area contributed by atoms with Gasteiger partial charge in [-0.05, 0) is 42.0 Å². The summed E-state index contributed by atoms with van der Waals surface area (Å²) in [6.07, 6.45) is 0. The molecule has 2 aromatic heterocycles. The first-order valence-electron chi connectivity index (χ1n) is 10.4. The van der Waals surface area contributed by atoms with Crippen LogP contribution < -0.4 is 15.9 Å². The molecule has 0 fully saturated rings. The van der Waals surface area contributed by atoms with Crippen molar-refractivity contribution in [1.82, 2.24) is 4.57 Å². The van der Waals surface area contributed by atoms with Crippen molar-refractivity contribution in [3.05, 3.63) is 105 Å². The van der Waals surface area contributed by atoms with Crippen molar-refractivity contribution >= 4 is 33.6 Å². The number of fused-ring (bicyclic) bond motifs is 3. The first kappa shape index (κ1) is 22.7. The lowest BCUT2D eigenvalue weighted by atomic mass is 10.1. The minimum absolute atomic E-state index is 0.0233. The van der Waals surface area contributed by atoms with Gasteiger partial charge in [-0.3, -0.25) is 4.79 Å². The highest BCUT2D eigenvalue weighted by Crippen LogP contribution is 2.38. The quantitative estimate of drug-likeness (QED) is 0.335. The highest BCUT2D eigenvalue weighted by Gasteiger charge is 2.23. The molecule has 0 saturated carbocycles. The molecular weight excluding hydrogens is 476 g/mol. The second kappa shape index (κ2) is 8.92. The molecular formula is C26H17F2NO5S. The Morgan fingerprint density at radius 2 is 1.83 bits per heavy atom. The van der Waals surface area contributed by atoms with Gasteiger partial charge in [0.1, 0.15) is 27.7 Å². The van der Waals surface area contributed by atoms with E-state index >= 15 is 0 Å². The van der Waals surface area contributed by atoms with E-state index in [1.165, 1.54) is 48.1 Å². The Hall–Kier alpha value is -4.11. The van der Waals surface area contributed by atoms with Gasteiger partial charge in [0.25, 0.3) is 5.56 Å². The third-order valence-electron chi connectivity index (χ3n) is 5.54. The second-order valence-electron chi connectivity index (χ2n) is 7.71. The van der Waals surface area contributed by atoms with Crippen molar-refractivity contribution in [2.24, 2.45) is 0 Å². The predicted octanol–water partition coefficient (Wildman–Crippen LogP) is 5.30. The van der Waals surface area contributed by atoms with Crippen LogP contribution in [0.4, 0.5) is 8.78 Å². The molecule has 5 aromatic rings. The van der Waals surface area contributed by atoms with Crippen LogP contribution in [0.15, 0.2) is 90.5 Å². The molecule has 176 valence electrons. The minimum atomic E-state index is -0.914. The van der Waals surface area contributed by atoms with Crippen LogP contribution in [0.1, 0.15) is 5.56 Å². The molecule has 0 spiro atoms. The van der Waals surface area contributed by atoms with Crippen LogP contribution in [0.3, 0.4) is 0 Å². The van der Waals surface area contributed by atoms with Gasteiger partial charge in [-0.15, -0.1) is 0 Å². The zero-order chi connectivity index (χ0) is 24.7. The number of methoxy groups -OCH3 is 1. The largest absolute Gasteiger partial charge is 0.505 e. The summed E-state index contributed by atoms with van der Waals surface area (Å²) in [5, 5.41) is 11.2. The fourth-order valence-corrected chi connectivity index (χ4v) is 4.75. The smallest absolute Gasteiger partial charge is 0.354 e. The Morgan fingerprint density at radius 3 is 2.57 bits per heavy atom. The molecule has 5 rings (SSSR count). The van der Waals surface area contributed by atoms with E-state index in [4.69, 9.17) is 9.15 Å². The van der Waals surface area contributed by atoms with E-state index in [0.717, 1.165) is 0 Å². The van der Waals surface area contributed by atoms with Gasteiger partial charge in [0.05, 0.1) is 19.2 Å². The van der Waals surface area contributed by atoms with E-state index in [2.05, 4.69) is 0 Å². The van der Waals surface area contributed by atoms with E-state index < -0.39 is 28.6 Å². The summed E-state index contributed by atoms with van der Waals surface area (Å²) in [6.45, 7) is -0.0233. The van der Waals surface area contributed by atoms with Crippen molar-refractivity contribution in [3.63, 3.8) is 0 Å². The molecule has 0 saturated heterocycles. The summed E-state index contributed by atoms with van der Waals surface area (Å²) in [5.74, 6) is -1.22. The minimum Gasteiger partial charge on any atom is -0.505 e. The molecule has 0 unspecified atom stereocenters. The number of pyridine rings is 1. The molecule has 0 radical (unpaired) electrons. The number of nitrogens with zero attached hydrogens (tertiary/aromatic N) is 1. The monoisotopic (exact) mass is 493 g/mol. The van der Waals surface area contributed by atoms with Crippen LogP contribution in [0.5, 0.6) is 11.5 Å². The molecule has 0 amide bonds. The predicted molar refractivity (Wildman–Crippen MR) is 128 cm³/mol. The highest BCUT2D eigenvalue weighted by atomic mass is 32.2. The van der Waals surface area contributed by atoms with Crippen LogP contribution in [0.2, 0.25) is 0 Å². The molecule has 35 heavy (non-hydrogen) atoms. The number of ether oxygens (including phenoxy) is 1. The molecule has 6 nitrogen and oxygen atoms in total. The van der Waals surface area contributed by atoms with Gasteiger partial charge < -0.3 is 18.8 Å². The van der Waals surface area contributed by atoms with E-state index in [-0.39, 0.29) is 27.3 Å². The number of aromatic nitrogens is 1. The summed E-state index contributed by atoms with van der Waals surface area (Å²) in [5.41, 5.74) is -0.815. The number of benzene rings is 3. The van der Waals surface area contributed by atoms with Crippen LogP contribution in [0, 0.1) is 11.6 Å². The number of hydrogen-bond donors (Lipinski definition) is 1. The van der Waals surface area contributed by atoms with Gasteiger partial charge in [0.15, 0.2) is 11.3 Å². The number of hydrogen-bond acceptors (Lipinski definition) is 6. The Balaban J connectivity index is 1.82. The third kappa shape index (κ3) is 4.04. The first-order chi connectivity index (χ1) is 16.9. The summed E-state index contributed by atoms with van der Waals surface area (Å²) in [4.78, 5) is 26.2. The summed E-state index contributed by atoms with van der Waals surface area (Å²) in [7, 11) is 1.47. The van der Waals surface area contributed by atoms with Crippen molar-refractivity contribution in [3.8, 4) is 11.5 Å². The van der Waals surface area contributed by atoms with E-state index in [1.807, 2.05) is 0 Å². The summed E-state index contributed by atoms with van der Waals surface area (Å²) in [6, 6.07) is 16.3. The Kier molecular flexibility index (Phi) is 5.78. The number of aromatic hydroxyl groups is 1. The van der Waals surface area contributed by atoms with Gasteiger partial charge in [-0.1, -0.05) is 36.0 Å². The standard InChI is InChI=1S/C26H17F2NO5S/c1-33-16-9-10-17-19(12-16)29(13-14-5-4-6-15(27)11-14)25(31)21-22(30)24(26(32)34-23(17)21)35-20-8-3-2-7-18(20)28/h2-12,30H,13H2,1H3. The van der Waals surface area contributed by atoms with E-state index in [1.54, 1.807) is 30.3 Å². The first-order valence-corrected chi connectivity index (χ1v) is 11.3. The fourth-order valence-electron chi connectivity index (χ4n) is 3.90. The molecule has 0 aliphatic heterocycles. The van der Waals surface area contributed by atoms with Crippen LogP contribution in [-0.2, 0) is 6.54 Å². The molecule has 9 heteroatoms. The normalized spacial score (nSPS) is 11.3. The molecule has 2 heterocycles. The number of rotatable bonds is 5. The zero-order valence-corrected chi connectivity index (χ0v) is 19.1. The van der Waals surface area contributed by atoms with Crippen molar-refractivity contribution in [2.75, 3.05) is 7.11 Å². The van der Waals surface area contributed by atoms with Crippen molar-refractivity contribution in [1.29, 1.82) is 0 Å². The second-order valence-corrected chi connectivity index (χ2v) is 8.76. The maximum atomic E-state index is 14.2. The van der Waals surface area contributed by atoms with Gasteiger partial charge >= 0.3 is 5.63 Å². The van der Waals surface area contributed by atoms with Crippen molar-refractivity contribution in [2.45, 2.75) is 16.3 Å². The lowest BCUT2D eigenvalue weighted by Crippen LogP contribution is -2.23. The van der Waals surface area contributed by atoms with E-state index in [9.17, 15) is 23.5 Å². The average molecular weight is 493 g/mol. The van der Waals surface area contributed by atoms with Gasteiger partial charge in [0.2, 0.25) is 0 Å². The topological polar surface area (TPSA) is 81.7 Å². The van der Waals surface area contributed by atoms with E-state index in [0.29, 0.717) is 34.0 Å². The lowest BCUT2D eigenvalue weighted by molar-refractivity contribution is 0.415. The maximum absolute atomic E-state index is 14.2. The molecule has 0 bridgehead atoms. The van der Waals surface area contributed by atoms with Crippen LogP contribution in [0.25, 0.3) is 21.9 Å². The average Bonchev–Trinajstić information content (AvgIpc) is 2.84. The van der Waals surface area contributed by atoms with Gasteiger partial charge in [-0.2, -0.15) is 0 Å². The molecule has 0 aliphatic rings. The Morgan fingerprint density at radius 1 is 1.03 bits per heavy atom. The SMILES string of the molecule is COc1ccc2c3oc(=O)c(Sc4ccccc4F)c(O)c3c(=O)n(Cc3cccc(F)c3)c2c1. The highest BCUT2D eigenvalue weighted by molar-refractivity contribution is 7.99. The van der Waals surface area contributed by atoms with Crippen molar-refractivity contribution < 1.29 is 23.0 Å². The molecule has 0 aliphatic carbocycles. The third-order valence-corrected chi connectivity index (χ3v) is 6.65.